The molecule has 0 spiro atoms. The van der Waals surface area contributed by atoms with E-state index in [1.807, 2.05) is 12.3 Å². The molecular weight excluding hydrogens is 400 g/mol. The molecule has 0 radical (unpaired) electrons. The number of nitrogens with zero attached hydrogens (tertiary/aromatic N) is 5. The van der Waals surface area contributed by atoms with E-state index in [0.717, 1.165) is 68.2 Å². The molecule has 0 unspecified atom stereocenters. The molecule has 2 aliphatic rings. The van der Waals surface area contributed by atoms with E-state index in [4.69, 9.17) is 4.98 Å². The second kappa shape index (κ2) is 11.4. The summed E-state index contributed by atoms with van der Waals surface area (Å²) in [6.07, 6.45) is 14.3. The van der Waals surface area contributed by atoms with Crippen LogP contribution in [0.5, 0.6) is 0 Å². The van der Waals surface area contributed by atoms with Gasteiger partial charge in [-0.25, -0.2) is 15.0 Å². The van der Waals surface area contributed by atoms with Crippen molar-refractivity contribution in [3.63, 3.8) is 0 Å². The van der Waals surface area contributed by atoms with Gasteiger partial charge >= 0.3 is 0 Å². The Kier molecular flexibility index (Phi) is 8.09. The van der Waals surface area contributed by atoms with Crippen LogP contribution in [0.3, 0.4) is 0 Å². The number of rotatable bonds is 9. The zero-order chi connectivity index (χ0) is 22.2. The van der Waals surface area contributed by atoms with E-state index >= 15 is 0 Å². The minimum atomic E-state index is 0.454. The van der Waals surface area contributed by atoms with E-state index < -0.39 is 0 Å². The van der Waals surface area contributed by atoms with E-state index in [1.54, 1.807) is 6.33 Å². The summed E-state index contributed by atoms with van der Waals surface area (Å²) in [5.74, 6) is 2.42. The first-order chi connectivity index (χ1) is 15.7. The molecule has 8 nitrogen and oxygen atoms in total. The molecule has 3 heterocycles. The molecule has 1 saturated carbocycles. The lowest BCUT2D eigenvalue weighted by Crippen LogP contribution is -2.36. The summed E-state index contributed by atoms with van der Waals surface area (Å²) in [6, 6.07) is 2.95. The second-order valence-electron chi connectivity index (χ2n) is 9.23. The molecule has 0 bridgehead atoms. The zero-order valence-corrected chi connectivity index (χ0v) is 19.6. The normalized spacial score (nSPS) is 18.4. The molecule has 1 aliphatic heterocycles. The molecule has 1 aliphatic carbocycles. The Morgan fingerprint density at radius 3 is 2.53 bits per heavy atom. The Morgan fingerprint density at radius 2 is 1.75 bits per heavy atom. The lowest BCUT2D eigenvalue weighted by Gasteiger charge is -2.29. The van der Waals surface area contributed by atoms with Crippen LogP contribution in [0.4, 0.5) is 17.6 Å². The number of nitrogens with one attached hydrogen (secondary N) is 3. The number of anilines is 3. The van der Waals surface area contributed by atoms with Gasteiger partial charge in [0, 0.05) is 30.9 Å². The highest BCUT2D eigenvalue weighted by atomic mass is 15.2. The lowest BCUT2D eigenvalue weighted by molar-refractivity contribution is 0.263. The number of unbranched alkanes of at least 4 members (excludes halogenated alkanes) is 1. The van der Waals surface area contributed by atoms with Gasteiger partial charge in [0.15, 0.2) is 0 Å². The monoisotopic (exact) mass is 438 g/mol. The highest BCUT2D eigenvalue weighted by molar-refractivity contribution is 5.74. The van der Waals surface area contributed by atoms with Crippen LogP contribution >= 0.6 is 0 Å². The van der Waals surface area contributed by atoms with E-state index in [-0.39, 0.29) is 0 Å². The van der Waals surface area contributed by atoms with Crippen molar-refractivity contribution in [3.8, 4) is 11.3 Å². The highest BCUT2D eigenvalue weighted by Gasteiger charge is 2.20. The third-order valence-electron chi connectivity index (χ3n) is 6.56. The third kappa shape index (κ3) is 6.28. The molecular formula is C24H38N8. The molecule has 0 atom stereocenters. The van der Waals surface area contributed by atoms with Crippen molar-refractivity contribution in [2.45, 2.75) is 76.8 Å². The van der Waals surface area contributed by atoms with Gasteiger partial charge in [-0.2, -0.15) is 4.98 Å². The Labute approximate surface area is 192 Å². The number of aromatic nitrogens is 4. The number of hydrogen-bond acceptors (Lipinski definition) is 8. The first-order valence-electron chi connectivity index (χ1n) is 12.4. The van der Waals surface area contributed by atoms with E-state index in [1.165, 1.54) is 32.1 Å². The molecule has 1 saturated heterocycles. The van der Waals surface area contributed by atoms with Gasteiger partial charge in [-0.1, -0.05) is 32.6 Å². The molecule has 2 fully saturated rings. The van der Waals surface area contributed by atoms with Crippen molar-refractivity contribution in [1.82, 2.24) is 24.8 Å². The van der Waals surface area contributed by atoms with Gasteiger partial charge in [-0.05, 0) is 52.2 Å². The van der Waals surface area contributed by atoms with Crippen LogP contribution in [-0.4, -0.2) is 63.6 Å². The van der Waals surface area contributed by atoms with Crippen LogP contribution < -0.4 is 16.0 Å². The summed E-state index contributed by atoms with van der Waals surface area (Å²) in [5, 5.41) is 10.7. The third-order valence-corrected chi connectivity index (χ3v) is 6.56. The van der Waals surface area contributed by atoms with Crippen molar-refractivity contribution in [2.24, 2.45) is 0 Å². The largest absolute Gasteiger partial charge is 0.367 e. The van der Waals surface area contributed by atoms with Gasteiger partial charge in [-0.15, -0.1) is 0 Å². The lowest BCUT2D eigenvalue weighted by atomic mass is 9.95. The maximum Gasteiger partial charge on any atom is 0.224 e. The van der Waals surface area contributed by atoms with E-state index in [0.29, 0.717) is 18.0 Å². The molecule has 2 aromatic rings. The molecule has 174 valence electrons. The highest BCUT2D eigenvalue weighted by Crippen LogP contribution is 2.29. The van der Waals surface area contributed by atoms with Crippen LogP contribution in [0.25, 0.3) is 11.3 Å². The van der Waals surface area contributed by atoms with Crippen molar-refractivity contribution in [3.05, 3.63) is 18.6 Å². The first kappa shape index (κ1) is 22.7. The quantitative estimate of drug-likeness (QED) is 0.497. The fourth-order valence-corrected chi connectivity index (χ4v) is 4.53. The van der Waals surface area contributed by atoms with E-state index in [9.17, 15) is 0 Å². The summed E-state index contributed by atoms with van der Waals surface area (Å²) < 4.78 is 0. The Morgan fingerprint density at radius 1 is 0.969 bits per heavy atom. The van der Waals surface area contributed by atoms with Crippen molar-refractivity contribution in [1.29, 1.82) is 0 Å². The van der Waals surface area contributed by atoms with Crippen LogP contribution in [0.15, 0.2) is 18.6 Å². The smallest absolute Gasteiger partial charge is 0.224 e. The van der Waals surface area contributed by atoms with Crippen LogP contribution in [0.2, 0.25) is 0 Å². The van der Waals surface area contributed by atoms with Crippen LogP contribution in [0, 0.1) is 0 Å². The number of piperidine rings is 1. The maximum atomic E-state index is 4.85. The molecule has 8 heteroatoms. The summed E-state index contributed by atoms with van der Waals surface area (Å²) >= 11 is 0. The molecule has 2 aromatic heterocycles. The number of likely N-dealkylation sites (tertiary alicyclic amines) is 1. The number of hydrogen-bond donors (Lipinski definition) is 3. The van der Waals surface area contributed by atoms with Crippen molar-refractivity contribution in [2.75, 3.05) is 42.6 Å². The Hall–Kier alpha value is -2.48. The molecule has 0 aromatic carbocycles. The SMILES string of the molecule is CCCCNc1ncc(-c2cc(NC3CCN(C)CC3)ncn2)c(NC2CCCCC2)n1. The van der Waals surface area contributed by atoms with Crippen LogP contribution in [0.1, 0.15) is 64.7 Å². The Bertz CT molecular complexity index is 844. The molecule has 0 amide bonds. The second-order valence-corrected chi connectivity index (χ2v) is 9.23. The fourth-order valence-electron chi connectivity index (χ4n) is 4.53. The van der Waals surface area contributed by atoms with Gasteiger partial charge < -0.3 is 20.9 Å². The maximum absolute atomic E-state index is 4.85. The summed E-state index contributed by atoms with van der Waals surface area (Å²) in [4.78, 5) is 20.9. The minimum absolute atomic E-state index is 0.454. The molecule has 4 rings (SSSR count). The average molecular weight is 439 g/mol. The predicted octanol–water partition coefficient (Wildman–Crippen LogP) is 4.40. The van der Waals surface area contributed by atoms with Gasteiger partial charge in [0.25, 0.3) is 0 Å². The summed E-state index contributed by atoms with van der Waals surface area (Å²) in [5.41, 5.74) is 1.79. The topological polar surface area (TPSA) is 90.9 Å². The zero-order valence-electron chi connectivity index (χ0n) is 19.6. The van der Waals surface area contributed by atoms with Crippen molar-refractivity contribution >= 4 is 17.6 Å². The van der Waals surface area contributed by atoms with E-state index in [2.05, 4.69) is 49.8 Å². The van der Waals surface area contributed by atoms with Gasteiger partial charge in [0.05, 0.1) is 11.3 Å². The Balaban J connectivity index is 1.53. The van der Waals surface area contributed by atoms with Gasteiger partial charge in [0.1, 0.15) is 18.0 Å². The average Bonchev–Trinajstić information content (AvgIpc) is 2.82. The molecule has 32 heavy (non-hydrogen) atoms. The van der Waals surface area contributed by atoms with Gasteiger partial charge in [-0.3, -0.25) is 0 Å². The first-order valence-corrected chi connectivity index (χ1v) is 12.4. The van der Waals surface area contributed by atoms with Crippen LogP contribution in [-0.2, 0) is 0 Å². The standard InChI is InChI=1S/C24H38N8/c1-3-4-12-25-24-26-16-20(23(31-24)30-18-8-6-5-7-9-18)21-15-22(28-17-27-21)29-19-10-13-32(2)14-11-19/h15-19H,3-14H2,1-2H3,(H,27,28,29)(H2,25,26,30,31). The fraction of sp³-hybridized carbons (Fsp3) is 0.667. The summed E-state index contributed by atoms with van der Waals surface area (Å²) in [6.45, 7) is 5.31. The predicted molar refractivity (Wildman–Crippen MR) is 131 cm³/mol. The minimum Gasteiger partial charge on any atom is -0.367 e. The van der Waals surface area contributed by atoms with Gasteiger partial charge in [0.2, 0.25) is 5.95 Å². The van der Waals surface area contributed by atoms with Crippen molar-refractivity contribution < 1.29 is 0 Å². The summed E-state index contributed by atoms with van der Waals surface area (Å²) in [7, 11) is 2.18. The molecule has 3 N–H and O–H groups in total.